The highest BCUT2D eigenvalue weighted by Gasteiger charge is 2.37. The number of hydrogen-bond acceptors (Lipinski definition) is 4. The summed E-state index contributed by atoms with van der Waals surface area (Å²) in [7, 11) is 0. The molecular formula is C12H21N5O. The molecule has 6 nitrogen and oxygen atoms in total. The lowest BCUT2D eigenvalue weighted by Gasteiger charge is -2.35. The van der Waals surface area contributed by atoms with Gasteiger partial charge in [-0.1, -0.05) is 25.0 Å². The predicted octanol–water partition coefficient (Wildman–Crippen LogP) is 0.302. The number of carbonyl (C=O) groups is 1. The topological polar surface area (TPSA) is 85.8 Å². The molecule has 100 valence electrons. The van der Waals surface area contributed by atoms with Gasteiger partial charge in [0.05, 0.1) is 18.3 Å². The number of aromatic nitrogens is 3. The number of nitrogens with one attached hydrogen (secondary N) is 1. The molecule has 0 saturated heterocycles. The summed E-state index contributed by atoms with van der Waals surface area (Å²) in [5.41, 5.74) is 5.53. The first-order chi connectivity index (χ1) is 8.60. The first kappa shape index (κ1) is 13.0. The van der Waals surface area contributed by atoms with Gasteiger partial charge in [0.15, 0.2) is 0 Å². The minimum atomic E-state index is -0.681. The highest BCUT2D eigenvalue weighted by molar-refractivity contribution is 5.86. The molecule has 3 N–H and O–H groups in total. The molecular weight excluding hydrogens is 230 g/mol. The maximum absolute atomic E-state index is 12.1. The van der Waals surface area contributed by atoms with Gasteiger partial charge >= 0.3 is 0 Å². The molecule has 1 aliphatic rings. The van der Waals surface area contributed by atoms with Gasteiger partial charge < -0.3 is 11.1 Å². The van der Waals surface area contributed by atoms with E-state index in [9.17, 15) is 4.79 Å². The summed E-state index contributed by atoms with van der Waals surface area (Å²) >= 11 is 0. The fourth-order valence-electron chi connectivity index (χ4n) is 2.61. The van der Waals surface area contributed by atoms with Gasteiger partial charge in [-0.2, -0.15) is 0 Å². The van der Waals surface area contributed by atoms with E-state index >= 15 is 0 Å². The van der Waals surface area contributed by atoms with Crippen molar-refractivity contribution in [3.8, 4) is 0 Å². The van der Waals surface area contributed by atoms with Crippen LogP contribution >= 0.6 is 0 Å². The quantitative estimate of drug-likeness (QED) is 0.806. The number of nitrogens with zero attached hydrogens (tertiary/aromatic N) is 3. The highest BCUT2D eigenvalue weighted by atomic mass is 16.2. The van der Waals surface area contributed by atoms with Crippen LogP contribution in [0.4, 0.5) is 0 Å². The highest BCUT2D eigenvalue weighted by Crippen LogP contribution is 2.30. The zero-order valence-corrected chi connectivity index (χ0v) is 10.8. The third-order valence-corrected chi connectivity index (χ3v) is 3.58. The van der Waals surface area contributed by atoms with Crippen LogP contribution in [-0.2, 0) is 11.3 Å². The van der Waals surface area contributed by atoms with E-state index < -0.39 is 5.54 Å². The molecule has 6 heteroatoms. The minimum absolute atomic E-state index is 0.0332. The second kappa shape index (κ2) is 5.48. The van der Waals surface area contributed by atoms with E-state index in [1.165, 1.54) is 6.42 Å². The van der Waals surface area contributed by atoms with Crippen LogP contribution in [0.25, 0.3) is 0 Å². The summed E-state index contributed by atoms with van der Waals surface area (Å²) in [6.45, 7) is 3.32. The molecule has 0 spiro atoms. The molecule has 0 bridgehead atoms. The van der Waals surface area contributed by atoms with Crippen LogP contribution in [0.2, 0.25) is 0 Å². The van der Waals surface area contributed by atoms with Crippen LogP contribution in [0.3, 0.4) is 0 Å². The van der Waals surface area contributed by atoms with Gasteiger partial charge in [0, 0.05) is 12.7 Å². The molecule has 2 rings (SSSR count). The molecule has 1 heterocycles. The van der Waals surface area contributed by atoms with Gasteiger partial charge in [0.25, 0.3) is 0 Å². The summed E-state index contributed by atoms with van der Waals surface area (Å²) in [6, 6.07) is 0. The monoisotopic (exact) mass is 251 g/mol. The maximum atomic E-state index is 12.1. The lowest BCUT2D eigenvalue weighted by molar-refractivity contribution is -0.128. The Hall–Kier alpha value is -1.43. The molecule has 0 radical (unpaired) electrons. The first-order valence-electron chi connectivity index (χ1n) is 6.51. The third-order valence-electron chi connectivity index (χ3n) is 3.58. The van der Waals surface area contributed by atoms with E-state index in [1.54, 1.807) is 17.1 Å². The molecule has 18 heavy (non-hydrogen) atoms. The lowest BCUT2D eigenvalue weighted by Crippen LogP contribution is -2.56. The predicted molar refractivity (Wildman–Crippen MR) is 67.6 cm³/mol. The van der Waals surface area contributed by atoms with Crippen molar-refractivity contribution in [2.45, 2.75) is 44.7 Å². The first-order valence-corrected chi connectivity index (χ1v) is 6.51. The molecule has 1 amide bonds. The molecule has 1 fully saturated rings. The molecule has 1 aromatic rings. The summed E-state index contributed by atoms with van der Waals surface area (Å²) in [5.74, 6) is 0.499. The van der Waals surface area contributed by atoms with Crippen LogP contribution in [0, 0.1) is 5.92 Å². The van der Waals surface area contributed by atoms with Gasteiger partial charge in [-0.25, -0.2) is 0 Å². The smallest absolute Gasteiger partial charge is 0.240 e. The van der Waals surface area contributed by atoms with Crippen molar-refractivity contribution in [2.75, 3.05) is 6.54 Å². The molecule has 0 aliphatic heterocycles. The SMILES string of the molecule is CC1CCCC(N)(C(=O)NCCn2ccnn2)C1. The molecule has 2 atom stereocenters. The molecule has 0 aromatic carbocycles. The largest absolute Gasteiger partial charge is 0.353 e. The zero-order valence-electron chi connectivity index (χ0n) is 10.8. The van der Waals surface area contributed by atoms with Crippen LogP contribution < -0.4 is 11.1 Å². The summed E-state index contributed by atoms with van der Waals surface area (Å²) in [6.07, 6.45) is 7.16. The van der Waals surface area contributed by atoms with E-state index in [1.807, 2.05) is 0 Å². The minimum Gasteiger partial charge on any atom is -0.353 e. The van der Waals surface area contributed by atoms with Crippen molar-refractivity contribution in [1.29, 1.82) is 0 Å². The Morgan fingerprint density at radius 1 is 1.67 bits per heavy atom. The van der Waals surface area contributed by atoms with Gasteiger partial charge in [-0.05, 0) is 18.8 Å². The van der Waals surface area contributed by atoms with Crippen LogP contribution in [0.15, 0.2) is 12.4 Å². The van der Waals surface area contributed by atoms with Crippen LogP contribution in [0.1, 0.15) is 32.6 Å². The molecule has 1 aliphatic carbocycles. The summed E-state index contributed by atoms with van der Waals surface area (Å²) in [4.78, 5) is 12.1. The van der Waals surface area contributed by atoms with Crippen molar-refractivity contribution < 1.29 is 4.79 Å². The van der Waals surface area contributed by atoms with E-state index in [0.717, 1.165) is 19.3 Å². The van der Waals surface area contributed by atoms with Crippen LogP contribution in [0.5, 0.6) is 0 Å². The van der Waals surface area contributed by atoms with Crippen LogP contribution in [-0.4, -0.2) is 33.0 Å². The number of amides is 1. The van der Waals surface area contributed by atoms with Crippen molar-refractivity contribution in [3.05, 3.63) is 12.4 Å². The Morgan fingerprint density at radius 3 is 3.17 bits per heavy atom. The van der Waals surface area contributed by atoms with Gasteiger partial charge in [0.1, 0.15) is 0 Å². The normalized spacial score (nSPS) is 28.0. The number of nitrogens with two attached hydrogens (primary N) is 1. The van der Waals surface area contributed by atoms with E-state index in [4.69, 9.17) is 5.73 Å². The Labute approximate surface area is 107 Å². The third kappa shape index (κ3) is 3.07. The van der Waals surface area contributed by atoms with Crippen molar-refractivity contribution in [2.24, 2.45) is 11.7 Å². The Balaban J connectivity index is 1.80. The summed E-state index contributed by atoms with van der Waals surface area (Å²) < 4.78 is 1.69. The second-order valence-corrected chi connectivity index (χ2v) is 5.28. The Kier molecular flexibility index (Phi) is 3.96. The van der Waals surface area contributed by atoms with Gasteiger partial charge in [0.2, 0.25) is 5.91 Å². The average molecular weight is 251 g/mol. The van der Waals surface area contributed by atoms with Gasteiger partial charge in [-0.3, -0.25) is 9.48 Å². The summed E-state index contributed by atoms with van der Waals surface area (Å²) in [5, 5.41) is 10.4. The zero-order chi connectivity index (χ0) is 13.0. The molecule has 1 aromatic heterocycles. The number of rotatable bonds is 4. The van der Waals surface area contributed by atoms with Crippen molar-refractivity contribution in [1.82, 2.24) is 20.3 Å². The Bertz CT molecular complexity index is 391. The second-order valence-electron chi connectivity index (χ2n) is 5.28. The number of carbonyl (C=O) groups excluding carboxylic acids is 1. The standard InChI is InChI=1S/C12H21N5O/c1-10-3-2-4-12(13,9-10)11(18)14-5-7-17-8-6-15-16-17/h6,8,10H,2-5,7,9,13H2,1H3,(H,14,18). The lowest BCUT2D eigenvalue weighted by atomic mass is 9.76. The fraction of sp³-hybridized carbons (Fsp3) is 0.750. The van der Waals surface area contributed by atoms with E-state index in [-0.39, 0.29) is 5.91 Å². The maximum Gasteiger partial charge on any atom is 0.240 e. The van der Waals surface area contributed by atoms with Crippen molar-refractivity contribution >= 4 is 5.91 Å². The average Bonchev–Trinajstić information content (AvgIpc) is 2.81. The van der Waals surface area contributed by atoms with Crippen molar-refractivity contribution in [3.63, 3.8) is 0 Å². The van der Waals surface area contributed by atoms with E-state index in [2.05, 4.69) is 22.6 Å². The van der Waals surface area contributed by atoms with Gasteiger partial charge in [-0.15, -0.1) is 5.10 Å². The number of hydrogen-bond donors (Lipinski definition) is 2. The Morgan fingerprint density at radius 2 is 2.50 bits per heavy atom. The molecule has 2 unspecified atom stereocenters. The molecule has 1 saturated carbocycles. The fourth-order valence-corrected chi connectivity index (χ4v) is 2.61. The van der Waals surface area contributed by atoms with E-state index in [0.29, 0.717) is 19.0 Å².